The van der Waals surface area contributed by atoms with E-state index in [4.69, 9.17) is 9.15 Å². The van der Waals surface area contributed by atoms with Gasteiger partial charge < -0.3 is 24.7 Å². The van der Waals surface area contributed by atoms with Crippen molar-refractivity contribution in [3.8, 4) is 17.2 Å². The first-order valence-corrected chi connectivity index (χ1v) is 13.5. The van der Waals surface area contributed by atoms with E-state index >= 15 is 0 Å². The van der Waals surface area contributed by atoms with Crippen LogP contribution in [0, 0.1) is 6.92 Å². The topological polar surface area (TPSA) is 105 Å². The number of carbonyl (C=O) groups excluding carboxylic acids is 1. The zero-order valence-corrected chi connectivity index (χ0v) is 22.7. The molecule has 41 heavy (non-hydrogen) atoms. The number of carbonyl (C=O) groups is 1. The van der Waals surface area contributed by atoms with Crippen LogP contribution in [0.25, 0.3) is 11.5 Å². The van der Waals surface area contributed by atoms with Crippen molar-refractivity contribution >= 4 is 11.5 Å². The molecule has 0 unspecified atom stereocenters. The van der Waals surface area contributed by atoms with Gasteiger partial charge in [0.05, 0.1) is 18.3 Å². The first kappa shape index (κ1) is 27.8. The highest BCUT2D eigenvalue weighted by atomic mass is 16.5. The molecule has 0 aliphatic carbocycles. The first-order valence-electron chi connectivity index (χ1n) is 13.5. The molecule has 1 heterocycles. The van der Waals surface area contributed by atoms with Crippen LogP contribution in [0.2, 0.25) is 0 Å². The molecule has 7 nitrogen and oxygen atoms in total. The van der Waals surface area contributed by atoms with Crippen LogP contribution >= 0.6 is 0 Å². The standard InChI is InChI=1S/C34H32N2O5/c1-23-29(36-33(41-23)26-12-6-3-7-13-26)20-21-40-27-18-16-24(17-19-27)22-31(34(38)39)35-30-15-9-8-14-28(30)32(37)25-10-4-2-5-11-25/h2-19,31,34-35,38-39H,20-22H2,1H3/t31-/m0/s1. The Morgan fingerprint density at radius 1 is 0.878 bits per heavy atom. The lowest BCUT2D eigenvalue weighted by Crippen LogP contribution is -2.36. The van der Waals surface area contributed by atoms with E-state index in [1.807, 2.05) is 79.7 Å². The smallest absolute Gasteiger partial charge is 0.226 e. The maximum absolute atomic E-state index is 13.1. The minimum absolute atomic E-state index is 0.140. The van der Waals surface area contributed by atoms with Gasteiger partial charge in [0.2, 0.25) is 5.89 Å². The van der Waals surface area contributed by atoms with E-state index in [0.29, 0.717) is 47.9 Å². The quantitative estimate of drug-likeness (QED) is 0.133. The number of para-hydroxylation sites is 1. The fourth-order valence-electron chi connectivity index (χ4n) is 4.59. The Labute approximate surface area is 239 Å². The molecule has 5 aromatic rings. The fraction of sp³-hybridized carbons (Fsp3) is 0.176. The highest BCUT2D eigenvalue weighted by Gasteiger charge is 2.21. The lowest BCUT2D eigenvalue weighted by molar-refractivity contribution is -0.0528. The third-order valence-corrected chi connectivity index (χ3v) is 6.81. The minimum atomic E-state index is -1.64. The molecule has 0 spiro atoms. The summed E-state index contributed by atoms with van der Waals surface area (Å²) in [6, 6.07) is 32.6. The van der Waals surface area contributed by atoms with Gasteiger partial charge in [-0.1, -0.05) is 72.8 Å². The molecule has 4 aromatic carbocycles. The van der Waals surface area contributed by atoms with Crippen molar-refractivity contribution in [2.75, 3.05) is 11.9 Å². The van der Waals surface area contributed by atoms with E-state index in [9.17, 15) is 15.0 Å². The van der Waals surface area contributed by atoms with Gasteiger partial charge in [0.1, 0.15) is 11.5 Å². The lowest BCUT2D eigenvalue weighted by Gasteiger charge is -2.23. The summed E-state index contributed by atoms with van der Waals surface area (Å²) in [6.07, 6.45) is -0.711. The molecule has 0 saturated heterocycles. The molecule has 3 N–H and O–H groups in total. The Kier molecular flexibility index (Phi) is 8.89. The zero-order valence-electron chi connectivity index (χ0n) is 22.7. The second kappa shape index (κ2) is 13.1. The maximum atomic E-state index is 13.1. The molecule has 0 saturated carbocycles. The number of aryl methyl sites for hydroxylation is 1. The van der Waals surface area contributed by atoms with E-state index in [1.54, 1.807) is 36.4 Å². The van der Waals surface area contributed by atoms with E-state index in [2.05, 4.69) is 10.3 Å². The number of nitrogens with one attached hydrogen (secondary N) is 1. The maximum Gasteiger partial charge on any atom is 0.226 e. The number of anilines is 1. The molecule has 7 heteroatoms. The zero-order chi connectivity index (χ0) is 28.6. The first-order chi connectivity index (χ1) is 20.0. The second-order valence-corrected chi connectivity index (χ2v) is 9.74. The molecule has 5 rings (SSSR count). The summed E-state index contributed by atoms with van der Waals surface area (Å²) >= 11 is 0. The minimum Gasteiger partial charge on any atom is -0.493 e. The summed E-state index contributed by atoms with van der Waals surface area (Å²) in [6.45, 7) is 2.34. The number of hydrogen-bond acceptors (Lipinski definition) is 7. The van der Waals surface area contributed by atoms with Gasteiger partial charge >= 0.3 is 0 Å². The van der Waals surface area contributed by atoms with Crippen LogP contribution in [0.4, 0.5) is 5.69 Å². The van der Waals surface area contributed by atoms with Gasteiger partial charge in [0, 0.05) is 28.8 Å². The number of ketones is 1. The van der Waals surface area contributed by atoms with Gasteiger partial charge in [-0.2, -0.15) is 0 Å². The highest BCUT2D eigenvalue weighted by Crippen LogP contribution is 2.24. The normalized spacial score (nSPS) is 11.8. The van der Waals surface area contributed by atoms with Gasteiger partial charge in [0.25, 0.3) is 0 Å². The van der Waals surface area contributed by atoms with E-state index < -0.39 is 12.3 Å². The van der Waals surface area contributed by atoms with Crippen molar-refractivity contribution in [2.45, 2.75) is 32.1 Å². The van der Waals surface area contributed by atoms with Crippen LogP contribution in [-0.2, 0) is 12.8 Å². The van der Waals surface area contributed by atoms with Crippen LogP contribution in [0.3, 0.4) is 0 Å². The molecule has 0 aliphatic rings. The number of nitrogens with zero attached hydrogens (tertiary/aromatic N) is 1. The summed E-state index contributed by atoms with van der Waals surface area (Å²) in [5.74, 6) is 1.93. The molecule has 1 aromatic heterocycles. The number of aliphatic hydroxyl groups is 2. The largest absolute Gasteiger partial charge is 0.493 e. The van der Waals surface area contributed by atoms with Crippen molar-refractivity contribution in [2.24, 2.45) is 0 Å². The molecule has 0 amide bonds. The van der Waals surface area contributed by atoms with Crippen molar-refractivity contribution in [3.05, 3.63) is 137 Å². The number of oxazole rings is 1. The molecule has 0 aliphatic heterocycles. The number of hydrogen-bond donors (Lipinski definition) is 3. The van der Waals surface area contributed by atoms with Gasteiger partial charge in [-0.05, 0) is 55.3 Å². The lowest BCUT2D eigenvalue weighted by atomic mass is 10.00. The van der Waals surface area contributed by atoms with Crippen LogP contribution in [0.1, 0.15) is 32.9 Å². The number of aliphatic hydroxyl groups excluding tert-OH is 1. The van der Waals surface area contributed by atoms with Crippen molar-refractivity contribution in [3.63, 3.8) is 0 Å². The van der Waals surface area contributed by atoms with E-state index in [1.165, 1.54) is 0 Å². The summed E-state index contributed by atoms with van der Waals surface area (Å²) in [7, 11) is 0. The Morgan fingerprint density at radius 2 is 1.54 bits per heavy atom. The Hall–Kier alpha value is -4.72. The number of ether oxygens (including phenoxy) is 1. The Morgan fingerprint density at radius 3 is 2.24 bits per heavy atom. The molecule has 0 radical (unpaired) electrons. The third-order valence-electron chi connectivity index (χ3n) is 6.81. The number of rotatable bonds is 12. The predicted molar refractivity (Wildman–Crippen MR) is 158 cm³/mol. The molecule has 0 fully saturated rings. The summed E-state index contributed by atoms with van der Waals surface area (Å²) in [4.78, 5) is 17.7. The molecule has 208 valence electrons. The van der Waals surface area contributed by atoms with Gasteiger partial charge in [-0.25, -0.2) is 4.98 Å². The van der Waals surface area contributed by atoms with Crippen LogP contribution in [0.15, 0.2) is 114 Å². The average molecular weight is 549 g/mol. The number of aromatic nitrogens is 1. The molecular formula is C34H32N2O5. The summed E-state index contributed by atoms with van der Waals surface area (Å²) in [5.41, 5.74) is 4.25. The Balaban J connectivity index is 1.19. The average Bonchev–Trinajstić information content (AvgIpc) is 3.38. The second-order valence-electron chi connectivity index (χ2n) is 9.74. The predicted octanol–water partition coefficient (Wildman–Crippen LogP) is 5.84. The van der Waals surface area contributed by atoms with Crippen LogP contribution in [-0.4, -0.2) is 39.9 Å². The van der Waals surface area contributed by atoms with Crippen LogP contribution in [0.5, 0.6) is 5.75 Å². The summed E-state index contributed by atoms with van der Waals surface area (Å²) in [5, 5.41) is 23.4. The van der Waals surface area contributed by atoms with Gasteiger partial charge in [-0.15, -0.1) is 0 Å². The van der Waals surface area contributed by atoms with E-state index in [0.717, 1.165) is 22.6 Å². The third kappa shape index (κ3) is 7.08. The van der Waals surface area contributed by atoms with Gasteiger partial charge in [0.15, 0.2) is 12.1 Å². The van der Waals surface area contributed by atoms with Crippen molar-refractivity contribution < 1.29 is 24.2 Å². The summed E-state index contributed by atoms with van der Waals surface area (Å²) < 4.78 is 11.8. The number of benzene rings is 4. The van der Waals surface area contributed by atoms with Crippen molar-refractivity contribution in [1.82, 2.24) is 4.98 Å². The Bertz CT molecular complexity index is 1560. The van der Waals surface area contributed by atoms with Gasteiger partial charge in [-0.3, -0.25) is 4.79 Å². The molecule has 0 bridgehead atoms. The van der Waals surface area contributed by atoms with E-state index in [-0.39, 0.29) is 5.78 Å². The van der Waals surface area contributed by atoms with Crippen molar-refractivity contribution in [1.29, 1.82) is 0 Å². The monoisotopic (exact) mass is 548 g/mol. The highest BCUT2D eigenvalue weighted by molar-refractivity contribution is 6.12. The SMILES string of the molecule is Cc1oc(-c2ccccc2)nc1CCOc1ccc(C[C@H](Nc2ccccc2C(=O)c2ccccc2)C(O)O)cc1. The molecular weight excluding hydrogens is 516 g/mol. The molecule has 1 atom stereocenters. The fourth-order valence-corrected chi connectivity index (χ4v) is 4.59. The van der Waals surface area contributed by atoms with Crippen LogP contribution < -0.4 is 10.1 Å².